The minimum absolute atomic E-state index is 0.0806. The molecule has 0 aromatic carbocycles. The fraction of sp³-hybridized carbons (Fsp3) is 0.810. The van der Waals surface area contributed by atoms with Gasteiger partial charge in [-0.1, -0.05) is 13.3 Å². The van der Waals surface area contributed by atoms with E-state index < -0.39 is 54.7 Å². The topological polar surface area (TPSA) is 125 Å². The van der Waals surface area contributed by atoms with E-state index in [9.17, 15) is 37.5 Å². The van der Waals surface area contributed by atoms with Crippen molar-refractivity contribution >= 4 is 23.5 Å². The summed E-state index contributed by atoms with van der Waals surface area (Å²) in [6.07, 6.45) is -3.12. The first kappa shape index (κ1) is 25.4. The van der Waals surface area contributed by atoms with E-state index in [0.717, 1.165) is 12.8 Å². The van der Waals surface area contributed by atoms with Crippen LogP contribution in [0.4, 0.5) is 13.2 Å². The first-order valence-electron chi connectivity index (χ1n) is 11.3. The highest BCUT2D eigenvalue weighted by Crippen LogP contribution is 2.41. The second kappa shape index (κ2) is 10.4. The average molecular weight is 477 g/mol. The highest BCUT2D eigenvalue weighted by Gasteiger charge is 2.50. The Morgan fingerprint density at radius 2 is 2.00 bits per heavy atom. The molecular weight excluding hydrogens is 447 g/mol. The quantitative estimate of drug-likeness (QED) is 0.448. The number of hydrogen-bond acceptors (Lipinski definition) is 6. The number of rotatable bonds is 9. The lowest BCUT2D eigenvalue weighted by atomic mass is 9.95. The molecule has 186 valence electrons. The predicted molar refractivity (Wildman–Crippen MR) is 107 cm³/mol. The summed E-state index contributed by atoms with van der Waals surface area (Å²) >= 11 is 0. The van der Waals surface area contributed by atoms with Crippen molar-refractivity contribution in [3.63, 3.8) is 0 Å². The molecule has 3 fully saturated rings. The molecule has 3 amide bonds. The maximum Gasteiger partial charge on any atom is 0.522 e. The Bertz CT molecular complexity index is 777. The van der Waals surface area contributed by atoms with Crippen LogP contribution in [-0.2, 0) is 23.9 Å². The SMILES string of the molecule is CC[C@@H](O)C(=O)N1C(C(=O)NC(CC2CCNC2=O)C(=O)COC(F)(F)F)CC2CCCC21. The zero-order chi connectivity index (χ0) is 24.3. The molecule has 0 bridgehead atoms. The molecule has 12 heteroatoms. The van der Waals surface area contributed by atoms with Gasteiger partial charge in [-0.3, -0.25) is 23.9 Å². The van der Waals surface area contributed by atoms with E-state index in [1.807, 2.05) is 0 Å². The number of halogens is 3. The van der Waals surface area contributed by atoms with Gasteiger partial charge in [0.05, 0.1) is 6.04 Å². The summed E-state index contributed by atoms with van der Waals surface area (Å²) in [6, 6.07) is -2.51. The van der Waals surface area contributed by atoms with Crippen LogP contribution in [0.3, 0.4) is 0 Å². The molecule has 0 spiro atoms. The number of likely N-dealkylation sites (tertiary alicyclic amines) is 1. The molecule has 33 heavy (non-hydrogen) atoms. The molecule has 3 N–H and O–H groups in total. The maximum absolute atomic E-state index is 13.2. The van der Waals surface area contributed by atoms with Crippen molar-refractivity contribution in [2.75, 3.05) is 13.2 Å². The summed E-state index contributed by atoms with van der Waals surface area (Å²) in [7, 11) is 0. The Morgan fingerprint density at radius 1 is 1.27 bits per heavy atom. The Hall–Kier alpha value is -2.21. The van der Waals surface area contributed by atoms with Crippen LogP contribution in [0.1, 0.15) is 51.9 Å². The third kappa shape index (κ3) is 6.03. The van der Waals surface area contributed by atoms with E-state index in [0.29, 0.717) is 25.8 Å². The number of fused-ring (bicyclic) bond motifs is 1. The molecule has 0 aromatic rings. The van der Waals surface area contributed by atoms with Gasteiger partial charge in [0.25, 0.3) is 5.91 Å². The summed E-state index contributed by atoms with van der Waals surface area (Å²) < 4.78 is 41.0. The summed E-state index contributed by atoms with van der Waals surface area (Å²) in [4.78, 5) is 51.8. The van der Waals surface area contributed by atoms with Gasteiger partial charge in [0, 0.05) is 18.5 Å². The van der Waals surface area contributed by atoms with Crippen LogP contribution in [0.2, 0.25) is 0 Å². The van der Waals surface area contributed by atoms with Gasteiger partial charge in [-0.05, 0) is 44.4 Å². The molecule has 3 rings (SSSR count). The van der Waals surface area contributed by atoms with Gasteiger partial charge in [0.1, 0.15) is 18.8 Å². The van der Waals surface area contributed by atoms with Gasteiger partial charge in [-0.15, -0.1) is 13.2 Å². The Kier molecular flexibility index (Phi) is 7.99. The van der Waals surface area contributed by atoms with Crippen LogP contribution in [-0.4, -0.2) is 77.3 Å². The average Bonchev–Trinajstić information content (AvgIpc) is 3.46. The number of ether oxygens (including phenoxy) is 1. The van der Waals surface area contributed by atoms with E-state index in [-0.39, 0.29) is 30.7 Å². The number of aliphatic hydroxyl groups excluding tert-OH is 1. The van der Waals surface area contributed by atoms with Crippen LogP contribution in [0.5, 0.6) is 0 Å². The third-order valence-electron chi connectivity index (χ3n) is 6.83. The molecule has 5 unspecified atom stereocenters. The van der Waals surface area contributed by atoms with E-state index in [2.05, 4.69) is 15.4 Å². The van der Waals surface area contributed by atoms with Crippen molar-refractivity contribution in [2.24, 2.45) is 11.8 Å². The van der Waals surface area contributed by atoms with Crippen molar-refractivity contribution in [3.05, 3.63) is 0 Å². The molecule has 9 nitrogen and oxygen atoms in total. The molecule has 2 saturated heterocycles. The predicted octanol–water partition coefficient (Wildman–Crippen LogP) is 0.643. The zero-order valence-corrected chi connectivity index (χ0v) is 18.4. The fourth-order valence-electron chi connectivity index (χ4n) is 5.13. The standard InChI is InChI=1S/C21H30F3N3O6/c1-2-16(28)20(32)27-14-5-3-4-11(14)9-15(27)19(31)26-13(8-12-6-7-25-18(12)30)17(29)10-33-21(22,23)24/h11-16,28H,2-10H2,1H3,(H,25,30)(H,26,31)/t11?,12?,13?,14?,15?,16-/m1/s1. The molecule has 0 radical (unpaired) electrons. The molecule has 1 aliphatic carbocycles. The number of nitrogens with one attached hydrogen (secondary N) is 2. The van der Waals surface area contributed by atoms with E-state index in [1.54, 1.807) is 6.92 Å². The number of carbonyl (C=O) groups is 4. The second-order valence-electron chi connectivity index (χ2n) is 8.95. The van der Waals surface area contributed by atoms with Crippen molar-refractivity contribution in [1.29, 1.82) is 0 Å². The minimum Gasteiger partial charge on any atom is -0.383 e. The summed E-state index contributed by atoms with van der Waals surface area (Å²) in [5.74, 6) is -3.14. The Balaban J connectivity index is 1.75. The lowest BCUT2D eigenvalue weighted by Crippen LogP contribution is -2.55. The van der Waals surface area contributed by atoms with E-state index in [4.69, 9.17) is 0 Å². The van der Waals surface area contributed by atoms with Gasteiger partial charge < -0.3 is 20.6 Å². The number of nitrogens with zero attached hydrogens (tertiary/aromatic N) is 1. The highest BCUT2D eigenvalue weighted by molar-refractivity contribution is 5.95. The summed E-state index contributed by atoms with van der Waals surface area (Å²) in [5.41, 5.74) is 0. The van der Waals surface area contributed by atoms with Crippen LogP contribution in [0, 0.1) is 11.8 Å². The number of alkyl halides is 3. The summed E-state index contributed by atoms with van der Waals surface area (Å²) in [5, 5.41) is 15.2. The van der Waals surface area contributed by atoms with Gasteiger partial charge in [-0.25, -0.2) is 0 Å². The lowest BCUT2D eigenvalue weighted by Gasteiger charge is -2.32. The van der Waals surface area contributed by atoms with Gasteiger partial charge in [-0.2, -0.15) is 0 Å². The molecular formula is C21H30F3N3O6. The van der Waals surface area contributed by atoms with Gasteiger partial charge in [0.2, 0.25) is 11.8 Å². The molecule has 1 saturated carbocycles. The largest absolute Gasteiger partial charge is 0.522 e. The van der Waals surface area contributed by atoms with E-state index >= 15 is 0 Å². The van der Waals surface area contributed by atoms with Crippen molar-refractivity contribution < 1.29 is 42.2 Å². The molecule has 2 aliphatic heterocycles. The lowest BCUT2D eigenvalue weighted by molar-refractivity contribution is -0.321. The van der Waals surface area contributed by atoms with E-state index in [1.165, 1.54) is 4.90 Å². The van der Waals surface area contributed by atoms with Crippen LogP contribution < -0.4 is 10.6 Å². The minimum atomic E-state index is -5.02. The Morgan fingerprint density at radius 3 is 2.61 bits per heavy atom. The number of amides is 3. The molecule has 6 atom stereocenters. The first-order valence-corrected chi connectivity index (χ1v) is 11.3. The smallest absolute Gasteiger partial charge is 0.383 e. The number of aliphatic hydroxyl groups is 1. The molecule has 2 heterocycles. The molecule has 3 aliphatic rings. The van der Waals surface area contributed by atoms with Gasteiger partial charge >= 0.3 is 6.36 Å². The number of carbonyl (C=O) groups excluding carboxylic acids is 4. The highest BCUT2D eigenvalue weighted by atomic mass is 19.4. The van der Waals surface area contributed by atoms with Crippen molar-refractivity contribution in [3.8, 4) is 0 Å². The van der Waals surface area contributed by atoms with Gasteiger partial charge in [0.15, 0.2) is 5.78 Å². The Labute approximate surface area is 189 Å². The second-order valence-corrected chi connectivity index (χ2v) is 8.95. The molecule has 0 aromatic heterocycles. The van der Waals surface area contributed by atoms with Crippen molar-refractivity contribution in [2.45, 2.75) is 82.5 Å². The van der Waals surface area contributed by atoms with Crippen molar-refractivity contribution in [1.82, 2.24) is 15.5 Å². The number of ketones is 1. The normalized spacial score (nSPS) is 28.9. The van der Waals surface area contributed by atoms with Crippen LogP contribution in [0.25, 0.3) is 0 Å². The number of hydrogen-bond donors (Lipinski definition) is 3. The van der Waals surface area contributed by atoms with Crippen LogP contribution >= 0.6 is 0 Å². The number of Topliss-reactive ketones (excluding diaryl/α,β-unsaturated/α-hetero) is 1. The monoisotopic (exact) mass is 477 g/mol. The third-order valence-corrected chi connectivity index (χ3v) is 6.83. The van der Waals surface area contributed by atoms with Crippen LogP contribution in [0.15, 0.2) is 0 Å². The maximum atomic E-state index is 13.2. The summed E-state index contributed by atoms with van der Waals surface area (Å²) in [6.45, 7) is 0.721. The fourth-order valence-corrected chi connectivity index (χ4v) is 5.13. The first-order chi connectivity index (χ1) is 15.5. The zero-order valence-electron chi connectivity index (χ0n) is 18.4.